The quantitative estimate of drug-likeness (QED) is 0.583. The lowest BCUT2D eigenvalue weighted by Crippen LogP contribution is -2.25. The summed E-state index contributed by atoms with van der Waals surface area (Å²) in [5.41, 5.74) is 0.480. The van der Waals surface area contributed by atoms with Gasteiger partial charge in [0.2, 0.25) is 0 Å². The maximum absolute atomic E-state index is 11.5. The Bertz CT molecular complexity index is 459. The molecule has 0 N–H and O–H groups in total. The number of hydrogen-bond donors (Lipinski definition) is 0. The lowest BCUT2D eigenvalue weighted by atomic mass is 9.85. The molecule has 1 aromatic rings. The molecule has 0 aromatic heterocycles. The lowest BCUT2D eigenvalue weighted by molar-refractivity contribution is -0.146. The first-order chi connectivity index (χ1) is 10.1. The SMILES string of the molecule is C=C(C)C(=O)OC1CCC(CCOc2ccccc2)CC1. The molecule has 0 amide bonds. The van der Waals surface area contributed by atoms with Crippen molar-refractivity contribution in [3.8, 4) is 5.75 Å². The van der Waals surface area contributed by atoms with E-state index in [9.17, 15) is 4.79 Å². The van der Waals surface area contributed by atoms with Gasteiger partial charge in [0.05, 0.1) is 6.61 Å². The number of hydrogen-bond acceptors (Lipinski definition) is 3. The average Bonchev–Trinajstić information content (AvgIpc) is 2.50. The van der Waals surface area contributed by atoms with Gasteiger partial charge in [0.15, 0.2) is 0 Å². The van der Waals surface area contributed by atoms with Gasteiger partial charge in [0.25, 0.3) is 0 Å². The Morgan fingerprint density at radius 1 is 1.19 bits per heavy atom. The highest BCUT2D eigenvalue weighted by atomic mass is 16.5. The third-order valence-electron chi connectivity index (χ3n) is 3.95. The number of esters is 1. The molecule has 0 aliphatic heterocycles. The third kappa shape index (κ3) is 5.25. The van der Waals surface area contributed by atoms with Crippen LogP contribution in [-0.2, 0) is 9.53 Å². The Balaban J connectivity index is 1.63. The predicted molar refractivity (Wildman–Crippen MR) is 83.2 cm³/mol. The van der Waals surface area contributed by atoms with E-state index in [1.54, 1.807) is 6.92 Å². The summed E-state index contributed by atoms with van der Waals surface area (Å²) in [5.74, 6) is 1.35. The van der Waals surface area contributed by atoms with Crippen LogP contribution in [0.25, 0.3) is 0 Å². The van der Waals surface area contributed by atoms with Crippen LogP contribution in [0.2, 0.25) is 0 Å². The second-order valence-electron chi connectivity index (χ2n) is 5.78. The standard InChI is InChI=1S/C18H24O3/c1-14(2)18(19)21-17-10-8-15(9-11-17)12-13-20-16-6-4-3-5-7-16/h3-7,15,17H,1,8-13H2,2H3. The minimum absolute atomic E-state index is 0.0699. The van der Waals surface area contributed by atoms with Gasteiger partial charge < -0.3 is 9.47 Å². The second-order valence-corrected chi connectivity index (χ2v) is 5.78. The molecule has 1 saturated carbocycles. The van der Waals surface area contributed by atoms with Gasteiger partial charge >= 0.3 is 5.97 Å². The number of para-hydroxylation sites is 1. The fraction of sp³-hybridized carbons (Fsp3) is 0.500. The van der Waals surface area contributed by atoms with Crippen molar-refractivity contribution in [2.24, 2.45) is 5.92 Å². The summed E-state index contributed by atoms with van der Waals surface area (Å²) >= 11 is 0. The highest BCUT2D eigenvalue weighted by Gasteiger charge is 2.23. The van der Waals surface area contributed by atoms with E-state index >= 15 is 0 Å². The van der Waals surface area contributed by atoms with Gasteiger partial charge in [-0.15, -0.1) is 0 Å². The molecule has 0 spiro atoms. The maximum Gasteiger partial charge on any atom is 0.333 e. The van der Waals surface area contributed by atoms with Crippen molar-refractivity contribution >= 4 is 5.97 Å². The summed E-state index contributed by atoms with van der Waals surface area (Å²) in [4.78, 5) is 11.5. The van der Waals surface area contributed by atoms with Crippen molar-refractivity contribution in [3.63, 3.8) is 0 Å². The first-order valence-corrected chi connectivity index (χ1v) is 7.69. The van der Waals surface area contributed by atoms with Crippen LogP contribution >= 0.6 is 0 Å². The summed E-state index contributed by atoms with van der Waals surface area (Å²) in [5, 5.41) is 0. The average molecular weight is 288 g/mol. The molecule has 1 aliphatic rings. The topological polar surface area (TPSA) is 35.5 Å². The molecule has 0 heterocycles. The first kappa shape index (κ1) is 15.6. The van der Waals surface area contributed by atoms with E-state index in [4.69, 9.17) is 9.47 Å². The molecule has 1 fully saturated rings. The molecule has 114 valence electrons. The van der Waals surface area contributed by atoms with Crippen LogP contribution in [-0.4, -0.2) is 18.7 Å². The molecular formula is C18H24O3. The van der Waals surface area contributed by atoms with Crippen molar-refractivity contribution in [1.29, 1.82) is 0 Å². The molecule has 21 heavy (non-hydrogen) atoms. The van der Waals surface area contributed by atoms with Crippen molar-refractivity contribution in [2.75, 3.05) is 6.61 Å². The van der Waals surface area contributed by atoms with Gasteiger partial charge in [0.1, 0.15) is 11.9 Å². The molecule has 3 heteroatoms. The van der Waals surface area contributed by atoms with Gasteiger partial charge in [-0.05, 0) is 57.1 Å². The van der Waals surface area contributed by atoms with Crippen LogP contribution in [0, 0.1) is 5.92 Å². The van der Waals surface area contributed by atoms with E-state index in [-0.39, 0.29) is 12.1 Å². The molecule has 3 nitrogen and oxygen atoms in total. The third-order valence-corrected chi connectivity index (χ3v) is 3.95. The fourth-order valence-electron chi connectivity index (χ4n) is 2.65. The molecule has 0 unspecified atom stereocenters. The highest BCUT2D eigenvalue weighted by molar-refractivity contribution is 5.87. The Hall–Kier alpha value is -1.77. The minimum atomic E-state index is -0.258. The minimum Gasteiger partial charge on any atom is -0.494 e. The molecular weight excluding hydrogens is 264 g/mol. The van der Waals surface area contributed by atoms with E-state index in [0.29, 0.717) is 11.5 Å². The molecule has 0 saturated heterocycles. The fourth-order valence-corrected chi connectivity index (χ4v) is 2.65. The monoisotopic (exact) mass is 288 g/mol. The Kier molecular flexibility index (Phi) is 5.85. The molecule has 1 aromatic carbocycles. The second kappa shape index (κ2) is 7.87. The number of ether oxygens (including phenoxy) is 2. The Morgan fingerprint density at radius 3 is 2.48 bits per heavy atom. The van der Waals surface area contributed by atoms with Crippen LogP contribution in [0.4, 0.5) is 0 Å². The van der Waals surface area contributed by atoms with Crippen LogP contribution in [0.3, 0.4) is 0 Å². The van der Waals surface area contributed by atoms with Crippen molar-refractivity contribution in [2.45, 2.75) is 45.1 Å². The zero-order chi connectivity index (χ0) is 15.1. The van der Waals surface area contributed by atoms with Crippen LogP contribution in [0.5, 0.6) is 5.75 Å². The Morgan fingerprint density at radius 2 is 1.86 bits per heavy atom. The molecule has 1 aliphatic carbocycles. The largest absolute Gasteiger partial charge is 0.494 e. The number of carbonyl (C=O) groups is 1. The van der Waals surface area contributed by atoms with E-state index < -0.39 is 0 Å². The first-order valence-electron chi connectivity index (χ1n) is 7.69. The van der Waals surface area contributed by atoms with Crippen LogP contribution in [0.15, 0.2) is 42.5 Å². The molecule has 0 radical (unpaired) electrons. The summed E-state index contributed by atoms with van der Waals surface area (Å²) in [6.07, 6.45) is 5.25. The normalized spacial score (nSPS) is 21.6. The van der Waals surface area contributed by atoms with E-state index in [0.717, 1.165) is 44.5 Å². The summed E-state index contributed by atoms with van der Waals surface area (Å²) in [6, 6.07) is 9.91. The van der Waals surface area contributed by atoms with Gasteiger partial charge in [-0.1, -0.05) is 24.8 Å². The highest BCUT2D eigenvalue weighted by Crippen LogP contribution is 2.29. The van der Waals surface area contributed by atoms with E-state index in [1.165, 1.54) is 0 Å². The van der Waals surface area contributed by atoms with Crippen molar-refractivity contribution in [3.05, 3.63) is 42.5 Å². The van der Waals surface area contributed by atoms with Crippen LogP contribution < -0.4 is 4.74 Å². The van der Waals surface area contributed by atoms with Crippen molar-refractivity contribution in [1.82, 2.24) is 0 Å². The summed E-state index contributed by atoms with van der Waals surface area (Å²) in [7, 11) is 0. The van der Waals surface area contributed by atoms with Crippen LogP contribution in [0.1, 0.15) is 39.0 Å². The Labute approximate surface area is 127 Å². The van der Waals surface area contributed by atoms with Gasteiger partial charge in [0, 0.05) is 5.57 Å². The maximum atomic E-state index is 11.5. The number of rotatable bonds is 6. The zero-order valence-electron chi connectivity index (χ0n) is 12.7. The lowest BCUT2D eigenvalue weighted by Gasteiger charge is -2.28. The smallest absolute Gasteiger partial charge is 0.333 e. The van der Waals surface area contributed by atoms with Gasteiger partial charge in [-0.25, -0.2) is 4.79 Å². The van der Waals surface area contributed by atoms with Gasteiger partial charge in [-0.2, -0.15) is 0 Å². The number of carbonyl (C=O) groups excluding carboxylic acids is 1. The molecule has 2 rings (SSSR count). The zero-order valence-corrected chi connectivity index (χ0v) is 12.7. The van der Waals surface area contributed by atoms with Crippen molar-refractivity contribution < 1.29 is 14.3 Å². The van der Waals surface area contributed by atoms with E-state index in [2.05, 4.69) is 6.58 Å². The number of benzene rings is 1. The predicted octanol–water partition coefficient (Wildman–Crippen LogP) is 4.13. The summed E-state index contributed by atoms with van der Waals surface area (Å²) in [6.45, 7) is 6.06. The summed E-state index contributed by atoms with van der Waals surface area (Å²) < 4.78 is 11.1. The van der Waals surface area contributed by atoms with E-state index in [1.807, 2.05) is 30.3 Å². The molecule has 0 bridgehead atoms. The molecule has 0 atom stereocenters. The van der Waals surface area contributed by atoms with Gasteiger partial charge in [-0.3, -0.25) is 0 Å².